The van der Waals surface area contributed by atoms with Crippen molar-refractivity contribution < 1.29 is 4.39 Å². The summed E-state index contributed by atoms with van der Waals surface area (Å²) in [6, 6.07) is 8.52. The first-order chi connectivity index (χ1) is 8.83. The standard InChI is InChI=1S/C14H16FN3/c15-12-5-3-10(4-6-12)13-8-14(18-17-13)11-2-1-7-16-9-11/h3-6,8,11,16H,1-2,7,9H2,(H,17,18). The van der Waals surface area contributed by atoms with Gasteiger partial charge in [0.15, 0.2) is 0 Å². The number of hydrogen-bond acceptors (Lipinski definition) is 2. The Hall–Kier alpha value is -1.68. The summed E-state index contributed by atoms with van der Waals surface area (Å²) in [5.74, 6) is 0.298. The van der Waals surface area contributed by atoms with Gasteiger partial charge in [0.25, 0.3) is 0 Å². The van der Waals surface area contributed by atoms with E-state index in [2.05, 4.69) is 21.6 Å². The molecule has 0 amide bonds. The van der Waals surface area contributed by atoms with Crippen LogP contribution in [0.3, 0.4) is 0 Å². The highest BCUT2D eigenvalue weighted by Gasteiger charge is 2.17. The van der Waals surface area contributed by atoms with Gasteiger partial charge < -0.3 is 5.32 Å². The van der Waals surface area contributed by atoms with Gasteiger partial charge in [0, 0.05) is 23.7 Å². The minimum absolute atomic E-state index is 0.217. The summed E-state index contributed by atoms with van der Waals surface area (Å²) in [5.41, 5.74) is 3.00. The minimum Gasteiger partial charge on any atom is -0.316 e. The lowest BCUT2D eigenvalue weighted by Crippen LogP contribution is -2.28. The molecule has 1 aliphatic heterocycles. The molecule has 1 atom stereocenters. The molecule has 0 radical (unpaired) electrons. The molecule has 0 saturated carbocycles. The number of halogens is 1. The van der Waals surface area contributed by atoms with Gasteiger partial charge >= 0.3 is 0 Å². The van der Waals surface area contributed by atoms with E-state index in [1.165, 1.54) is 30.7 Å². The summed E-state index contributed by atoms with van der Waals surface area (Å²) in [5, 5.41) is 10.8. The van der Waals surface area contributed by atoms with Crippen molar-refractivity contribution >= 4 is 0 Å². The van der Waals surface area contributed by atoms with Crippen molar-refractivity contribution in [2.45, 2.75) is 18.8 Å². The third-order valence-electron chi connectivity index (χ3n) is 3.47. The molecule has 3 rings (SSSR count). The maximum Gasteiger partial charge on any atom is 0.123 e. The van der Waals surface area contributed by atoms with Gasteiger partial charge in [0.05, 0.1) is 5.69 Å². The maximum absolute atomic E-state index is 12.9. The number of nitrogens with zero attached hydrogens (tertiary/aromatic N) is 1. The van der Waals surface area contributed by atoms with Crippen molar-refractivity contribution in [1.29, 1.82) is 0 Å². The topological polar surface area (TPSA) is 40.7 Å². The first kappa shape index (κ1) is 11.4. The molecule has 18 heavy (non-hydrogen) atoms. The molecule has 1 aliphatic rings. The van der Waals surface area contributed by atoms with E-state index in [0.29, 0.717) is 5.92 Å². The Morgan fingerprint density at radius 3 is 2.78 bits per heavy atom. The first-order valence-electron chi connectivity index (χ1n) is 6.35. The van der Waals surface area contributed by atoms with E-state index in [1.807, 2.05) is 0 Å². The predicted molar refractivity (Wildman–Crippen MR) is 68.8 cm³/mol. The van der Waals surface area contributed by atoms with Crippen LogP contribution in [-0.4, -0.2) is 23.3 Å². The third-order valence-corrected chi connectivity index (χ3v) is 3.47. The van der Waals surface area contributed by atoms with Crippen LogP contribution in [0.4, 0.5) is 4.39 Å². The maximum atomic E-state index is 12.9. The van der Waals surface area contributed by atoms with Gasteiger partial charge in [-0.05, 0) is 49.7 Å². The molecule has 2 heterocycles. The predicted octanol–water partition coefficient (Wildman–Crippen LogP) is 2.68. The van der Waals surface area contributed by atoms with Gasteiger partial charge in [0.2, 0.25) is 0 Å². The Balaban J connectivity index is 1.82. The summed E-state index contributed by atoms with van der Waals surface area (Å²) in [6.07, 6.45) is 2.40. The number of hydrogen-bond donors (Lipinski definition) is 2. The Labute approximate surface area is 105 Å². The van der Waals surface area contributed by atoms with Crippen LogP contribution >= 0.6 is 0 Å². The van der Waals surface area contributed by atoms with Crippen molar-refractivity contribution in [3.8, 4) is 11.3 Å². The van der Waals surface area contributed by atoms with Crippen molar-refractivity contribution in [3.05, 3.63) is 41.8 Å². The van der Waals surface area contributed by atoms with Crippen LogP contribution in [-0.2, 0) is 0 Å². The lowest BCUT2D eigenvalue weighted by molar-refractivity contribution is 0.454. The van der Waals surface area contributed by atoms with Crippen molar-refractivity contribution in [2.75, 3.05) is 13.1 Å². The van der Waals surface area contributed by atoms with Gasteiger partial charge in [0.1, 0.15) is 5.82 Å². The number of aromatic nitrogens is 2. The second-order valence-electron chi connectivity index (χ2n) is 4.76. The molecule has 0 aliphatic carbocycles. The average Bonchev–Trinajstić information content (AvgIpc) is 2.90. The molecule has 2 N–H and O–H groups in total. The third kappa shape index (κ3) is 2.29. The molecule has 3 nitrogen and oxygen atoms in total. The molecule has 0 bridgehead atoms. The highest BCUT2D eigenvalue weighted by molar-refractivity contribution is 5.59. The van der Waals surface area contributed by atoms with Gasteiger partial charge in [-0.15, -0.1) is 0 Å². The van der Waals surface area contributed by atoms with Gasteiger partial charge in [-0.2, -0.15) is 5.10 Å². The van der Waals surface area contributed by atoms with Gasteiger partial charge in [-0.3, -0.25) is 5.10 Å². The van der Waals surface area contributed by atoms with Crippen LogP contribution in [0.5, 0.6) is 0 Å². The van der Waals surface area contributed by atoms with Crippen LogP contribution in [0.1, 0.15) is 24.5 Å². The number of rotatable bonds is 2. The smallest absolute Gasteiger partial charge is 0.123 e. The summed E-state index contributed by atoms with van der Waals surface area (Å²) < 4.78 is 12.9. The number of benzene rings is 1. The number of H-pyrrole nitrogens is 1. The monoisotopic (exact) mass is 245 g/mol. The summed E-state index contributed by atoms with van der Waals surface area (Å²) in [6.45, 7) is 2.11. The van der Waals surface area contributed by atoms with Crippen LogP contribution in [0.25, 0.3) is 11.3 Å². The molecule has 1 aromatic carbocycles. The Morgan fingerprint density at radius 1 is 1.22 bits per heavy atom. The highest BCUT2D eigenvalue weighted by atomic mass is 19.1. The SMILES string of the molecule is Fc1ccc(-c2cc(C3CCCNC3)[nH]n2)cc1. The van der Waals surface area contributed by atoms with E-state index in [-0.39, 0.29) is 5.82 Å². The van der Waals surface area contributed by atoms with Crippen LogP contribution in [0, 0.1) is 5.82 Å². The molecule has 1 saturated heterocycles. The van der Waals surface area contributed by atoms with E-state index in [1.54, 1.807) is 12.1 Å². The molecular formula is C14H16FN3. The van der Waals surface area contributed by atoms with Crippen LogP contribution in [0.15, 0.2) is 30.3 Å². The lowest BCUT2D eigenvalue weighted by Gasteiger charge is -2.21. The van der Waals surface area contributed by atoms with Crippen molar-refractivity contribution in [2.24, 2.45) is 0 Å². The Bertz CT molecular complexity index is 512. The molecule has 94 valence electrons. The van der Waals surface area contributed by atoms with E-state index in [9.17, 15) is 4.39 Å². The number of aromatic amines is 1. The summed E-state index contributed by atoms with van der Waals surface area (Å²) in [4.78, 5) is 0. The molecule has 1 fully saturated rings. The van der Waals surface area contributed by atoms with Gasteiger partial charge in [-0.1, -0.05) is 0 Å². The molecule has 0 spiro atoms. The van der Waals surface area contributed by atoms with Crippen molar-refractivity contribution in [1.82, 2.24) is 15.5 Å². The Morgan fingerprint density at radius 2 is 2.06 bits per heavy atom. The Kier molecular flexibility index (Phi) is 3.11. The first-order valence-corrected chi connectivity index (χ1v) is 6.35. The largest absolute Gasteiger partial charge is 0.316 e. The number of piperidine rings is 1. The normalized spacial score (nSPS) is 19.9. The molecule has 2 aromatic rings. The molecule has 4 heteroatoms. The zero-order valence-corrected chi connectivity index (χ0v) is 10.1. The lowest BCUT2D eigenvalue weighted by atomic mass is 9.96. The quantitative estimate of drug-likeness (QED) is 0.854. The molecule has 1 aromatic heterocycles. The van der Waals surface area contributed by atoms with E-state index < -0.39 is 0 Å². The highest BCUT2D eigenvalue weighted by Crippen LogP contribution is 2.25. The summed E-state index contributed by atoms with van der Waals surface area (Å²) in [7, 11) is 0. The average molecular weight is 245 g/mol. The second-order valence-corrected chi connectivity index (χ2v) is 4.76. The van der Waals surface area contributed by atoms with Crippen LogP contribution < -0.4 is 5.32 Å². The van der Waals surface area contributed by atoms with Crippen LogP contribution in [0.2, 0.25) is 0 Å². The number of nitrogens with one attached hydrogen (secondary N) is 2. The molecular weight excluding hydrogens is 229 g/mol. The fourth-order valence-corrected chi connectivity index (χ4v) is 2.43. The zero-order valence-electron chi connectivity index (χ0n) is 10.1. The van der Waals surface area contributed by atoms with Gasteiger partial charge in [-0.25, -0.2) is 4.39 Å². The fourth-order valence-electron chi connectivity index (χ4n) is 2.43. The molecule has 1 unspecified atom stereocenters. The second kappa shape index (κ2) is 4.90. The van der Waals surface area contributed by atoms with E-state index >= 15 is 0 Å². The minimum atomic E-state index is -0.217. The van der Waals surface area contributed by atoms with E-state index in [0.717, 1.165) is 24.3 Å². The van der Waals surface area contributed by atoms with Crippen molar-refractivity contribution in [3.63, 3.8) is 0 Å². The van der Waals surface area contributed by atoms with E-state index in [4.69, 9.17) is 0 Å². The fraction of sp³-hybridized carbons (Fsp3) is 0.357. The zero-order chi connectivity index (χ0) is 12.4. The summed E-state index contributed by atoms with van der Waals surface area (Å²) >= 11 is 0.